The zero-order valence-electron chi connectivity index (χ0n) is 16.4. The molecule has 0 radical (unpaired) electrons. The third kappa shape index (κ3) is 3.68. The molecule has 1 unspecified atom stereocenters. The average Bonchev–Trinajstić information content (AvgIpc) is 3.07. The van der Waals surface area contributed by atoms with Crippen molar-refractivity contribution >= 4 is 11.7 Å². The molecular formula is C22H27N3O3. The van der Waals surface area contributed by atoms with Gasteiger partial charge in [-0.2, -0.15) is 0 Å². The molecule has 1 saturated heterocycles. The fourth-order valence-corrected chi connectivity index (χ4v) is 4.37. The number of fused-ring (bicyclic) bond motifs is 1. The number of carbonyl (C=O) groups is 2. The number of ether oxygens (including phenoxy) is 1. The maximum absolute atomic E-state index is 12.8. The number of rotatable bonds is 4. The normalized spacial score (nSPS) is 21.9. The van der Waals surface area contributed by atoms with Crippen LogP contribution in [0.1, 0.15) is 55.2 Å². The molecule has 1 amide bonds. The summed E-state index contributed by atoms with van der Waals surface area (Å²) in [5, 5.41) is 0. The lowest BCUT2D eigenvalue weighted by Gasteiger charge is -2.37. The van der Waals surface area contributed by atoms with E-state index in [1.165, 1.54) is 0 Å². The number of imidazole rings is 1. The third-order valence-electron chi connectivity index (χ3n) is 5.93. The summed E-state index contributed by atoms with van der Waals surface area (Å²) in [6.45, 7) is 4.09. The van der Waals surface area contributed by atoms with Crippen molar-refractivity contribution in [3.05, 3.63) is 48.0 Å². The average molecular weight is 381 g/mol. The summed E-state index contributed by atoms with van der Waals surface area (Å²) in [7, 11) is 0. The number of hydrogen-bond donors (Lipinski definition) is 0. The molecule has 1 fully saturated rings. The van der Waals surface area contributed by atoms with Crippen LogP contribution >= 0.6 is 0 Å². The summed E-state index contributed by atoms with van der Waals surface area (Å²) in [4.78, 5) is 31.6. The number of ketones is 1. The van der Waals surface area contributed by atoms with Crippen LogP contribution in [0.15, 0.2) is 36.7 Å². The second-order valence-electron chi connectivity index (χ2n) is 7.76. The molecule has 2 aliphatic rings. The van der Waals surface area contributed by atoms with E-state index in [-0.39, 0.29) is 11.7 Å². The number of amides is 1. The molecule has 1 atom stereocenters. The maximum atomic E-state index is 12.8. The first-order chi connectivity index (χ1) is 13.6. The van der Waals surface area contributed by atoms with Crippen molar-refractivity contribution in [3.63, 3.8) is 0 Å². The quantitative estimate of drug-likeness (QED) is 0.815. The Morgan fingerprint density at radius 2 is 2.11 bits per heavy atom. The summed E-state index contributed by atoms with van der Waals surface area (Å²) < 4.78 is 8.37. The van der Waals surface area contributed by atoms with Gasteiger partial charge in [0.25, 0.3) is 0 Å². The molecular weight excluding hydrogens is 354 g/mol. The largest absolute Gasteiger partial charge is 0.486 e. The van der Waals surface area contributed by atoms with E-state index in [1.807, 2.05) is 35.4 Å². The van der Waals surface area contributed by atoms with Gasteiger partial charge in [0.1, 0.15) is 17.2 Å². The van der Waals surface area contributed by atoms with Crippen LogP contribution in [0.2, 0.25) is 0 Å². The number of hydrogen-bond acceptors (Lipinski definition) is 4. The number of aryl methyl sites for hydroxylation is 2. The molecule has 6 heteroatoms. The highest BCUT2D eigenvalue weighted by Gasteiger charge is 2.41. The molecule has 0 aliphatic carbocycles. The molecule has 0 saturated carbocycles. The predicted molar refractivity (Wildman–Crippen MR) is 105 cm³/mol. The molecule has 4 rings (SSSR count). The molecule has 148 valence electrons. The van der Waals surface area contributed by atoms with E-state index in [9.17, 15) is 9.59 Å². The zero-order valence-corrected chi connectivity index (χ0v) is 16.4. The smallest absolute Gasteiger partial charge is 0.224 e. The van der Waals surface area contributed by atoms with Crippen molar-refractivity contribution in [2.45, 2.75) is 57.6 Å². The Labute approximate surface area is 165 Å². The minimum atomic E-state index is -0.472. The third-order valence-corrected chi connectivity index (χ3v) is 5.93. The Kier molecular flexibility index (Phi) is 5.20. The number of Topliss-reactive ketones (excluding diaryl/α,β-unsaturated/α-hetero) is 1. The van der Waals surface area contributed by atoms with Gasteiger partial charge >= 0.3 is 0 Å². The topological polar surface area (TPSA) is 64.4 Å². The second-order valence-corrected chi connectivity index (χ2v) is 7.76. The van der Waals surface area contributed by atoms with E-state index in [0.29, 0.717) is 43.7 Å². The second kappa shape index (κ2) is 7.78. The zero-order chi connectivity index (χ0) is 19.6. The van der Waals surface area contributed by atoms with E-state index in [1.54, 1.807) is 6.20 Å². The SMILES string of the molecule is CCc1nccn1CCC(=O)N1CCCC2(CC1)CC(=O)c1ccccc1O2. The van der Waals surface area contributed by atoms with Crippen LogP contribution in [0.3, 0.4) is 0 Å². The number of aromatic nitrogens is 2. The highest BCUT2D eigenvalue weighted by Crippen LogP contribution is 2.39. The Hall–Kier alpha value is -2.63. The van der Waals surface area contributed by atoms with Gasteiger partial charge in [0.2, 0.25) is 5.91 Å². The van der Waals surface area contributed by atoms with Crippen molar-refractivity contribution in [3.8, 4) is 5.75 Å². The monoisotopic (exact) mass is 381 g/mol. The van der Waals surface area contributed by atoms with E-state index in [2.05, 4.69) is 16.5 Å². The number of para-hydroxylation sites is 1. The van der Waals surface area contributed by atoms with Crippen LogP contribution in [0.25, 0.3) is 0 Å². The van der Waals surface area contributed by atoms with Gasteiger partial charge in [-0.05, 0) is 25.0 Å². The highest BCUT2D eigenvalue weighted by molar-refractivity contribution is 6.00. The van der Waals surface area contributed by atoms with Gasteiger partial charge in [-0.25, -0.2) is 4.98 Å². The van der Waals surface area contributed by atoms with Crippen molar-refractivity contribution in [1.82, 2.24) is 14.5 Å². The van der Waals surface area contributed by atoms with Crippen LogP contribution in [0, 0.1) is 0 Å². The van der Waals surface area contributed by atoms with Crippen LogP contribution in [-0.4, -0.2) is 44.8 Å². The van der Waals surface area contributed by atoms with Crippen LogP contribution in [0.5, 0.6) is 5.75 Å². The van der Waals surface area contributed by atoms with Gasteiger partial charge in [-0.3, -0.25) is 9.59 Å². The van der Waals surface area contributed by atoms with Crippen LogP contribution in [0.4, 0.5) is 0 Å². The lowest BCUT2D eigenvalue weighted by Crippen LogP contribution is -2.43. The number of likely N-dealkylation sites (tertiary alicyclic amines) is 1. The maximum Gasteiger partial charge on any atom is 0.224 e. The highest BCUT2D eigenvalue weighted by atomic mass is 16.5. The first-order valence-corrected chi connectivity index (χ1v) is 10.2. The van der Waals surface area contributed by atoms with E-state index in [0.717, 1.165) is 31.6 Å². The van der Waals surface area contributed by atoms with Gasteiger partial charge in [-0.1, -0.05) is 19.1 Å². The first kappa shape index (κ1) is 18.7. The molecule has 3 heterocycles. The summed E-state index contributed by atoms with van der Waals surface area (Å²) in [5.74, 6) is 2.00. The standard InChI is InChI=1S/C22H27N3O3/c1-2-20-23-11-15-24(20)13-8-21(27)25-12-5-9-22(10-14-25)16-18(26)17-6-3-4-7-19(17)28-22/h3-4,6-7,11,15H,2,5,8-10,12-14,16H2,1H3. The van der Waals surface area contributed by atoms with Crippen molar-refractivity contribution in [2.24, 2.45) is 0 Å². The number of carbonyl (C=O) groups excluding carboxylic acids is 2. The lowest BCUT2D eigenvalue weighted by atomic mass is 9.84. The van der Waals surface area contributed by atoms with E-state index >= 15 is 0 Å². The van der Waals surface area contributed by atoms with Crippen LogP contribution in [-0.2, 0) is 17.8 Å². The molecule has 1 aromatic heterocycles. The fourth-order valence-electron chi connectivity index (χ4n) is 4.37. The number of nitrogens with zero attached hydrogens (tertiary/aromatic N) is 3. The molecule has 6 nitrogen and oxygen atoms in total. The Balaban J connectivity index is 1.39. The summed E-state index contributed by atoms with van der Waals surface area (Å²) in [5.41, 5.74) is 0.206. The Bertz CT molecular complexity index is 875. The van der Waals surface area contributed by atoms with Gasteiger partial charge < -0.3 is 14.2 Å². The minimum Gasteiger partial charge on any atom is -0.486 e. The van der Waals surface area contributed by atoms with Crippen molar-refractivity contribution in [2.75, 3.05) is 13.1 Å². The number of benzene rings is 1. The van der Waals surface area contributed by atoms with Gasteiger partial charge in [-0.15, -0.1) is 0 Å². The van der Waals surface area contributed by atoms with Crippen molar-refractivity contribution in [1.29, 1.82) is 0 Å². The fraction of sp³-hybridized carbons (Fsp3) is 0.500. The molecule has 0 N–H and O–H groups in total. The predicted octanol–water partition coefficient (Wildman–Crippen LogP) is 3.25. The van der Waals surface area contributed by atoms with Crippen LogP contribution < -0.4 is 4.74 Å². The van der Waals surface area contributed by atoms with Gasteiger partial charge in [0.05, 0.1) is 12.0 Å². The summed E-state index contributed by atoms with van der Waals surface area (Å²) in [6.07, 6.45) is 7.81. The minimum absolute atomic E-state index is 0.147. The van der Waals surface area contributed by atoms with E-state index in [4.69, 9.17) is 4.74 Å². The Morgan fingerprint density at radius 3 is 2.96 bits per heavy atom. The molecule has 1 spiro atoms. The van der Waals surface area contributed by atoms with Gasteiger partial charge in [0.15, 0.2) is 5.78 Å². The molecule has 1 aromatic carbocycles. The molecule has 28 heavy (non-hydrogen) atoms. The lowest BCUT2D eigenvalue weighted by molar-refractivity contribution is -0.131. The summed E-state index contributed by atoms with van der Waals surface area (Å²) >= 11 is 0. The van der Waals surface area contributed by atoms with Gasteiger partial charge in [0, 0.05) is 51.3 Å². The molecule has 2 aromatic rings. The Morgan fingerprint density at radius 1 is 1.25 bits per heavy atom. The first-order valence-electron chi connectivity index (χ1n) is 10.2. The van der Waals surface area contributed by atoms with Crippen molar-refractivity contribution < 1.29 is 14.3 Å². The molecule has 0 bridgehead atoms. The summed E-state index contributed by atoms with van der Waals surface area (Å²) in [6, 6.07) is 7.48. The van der Waals surface area contributed by atoms with E-state index < -0.39 is 5.60 Å². The molecule has 2 aliphatic heterocycles.